The number of ether oxygens (including phenoxy) is 2. The van der Waals surface area contributed by atoms with Crippen molar-refractivity contribution in [1.82, 2.24) is 5.32 Å². The summed E-state index contributed by atoms with van der Waals surface area (Å²) in [6.45, 7) is 0.703. The molecule has 0 unspecified atom stereocenters. The van der Waals surface area contributed by atoms with Crippen LogP contribution in [0.25, 0.3) is 0 Å². The van der Waals surface area contributed by atoms with Crippen LogP contribution in [0.3, 0.4) is 0 Å². The molecule has 2 rings (SSSR count). The lowest BCUT2D eigenvalue weighted by atomic mass is 10.1. The molecule has 6 nitrogen and oxygen atoms in total. The second-order valence-electron chi connectivity index (χ2n) is 5.86. The summed E-state index contributed by atoms with van der Waals surface area (Å²) in [4.78, 5) is 22.5. The van der Waals surface area contributed by atoms with Crippen LogP contribution >= 0.6 is 0 Å². The Bertz CT molecular complexity index is 727. The molecule has 1 amide bonds. The zero-order chi connectivity index (χ0) is 18.8. The van der Waals surface area contributed by atoms with Crippen LogP contribution < -0.4 is 10.1 Å². The molecule has 0 heterocycles. The summed E-state index contributed by atoms with van der Waals surface area (Å²) in [6.07, 6.45) is 1.02. The highest BCUT2D eigenvalue weighted by Gasteiger charge is 2.05. The molecule has 6 heteroatoms. The van der Waals surface area contributed by atoms with E-state index in [1.54, 1.807) is 19.2 Å². The Morgan fingerprint density at radius 1 is 1.04 bits per heavy atom. The largest absolute Gasteiger partial charge is 0.482 e. The maximum absolute atomic E-state index is 12.1. The minimum absolute atomic E-state index is 0.0269. The van der Waals surface area contributed by atoms with Crippen LogP contribution in [0.1, 0.15) is 16.7 Å². The van der Waals surface area contributed by atoms with Crippen LogP contribution in [0.2, 0.25) is 0 Å². The molecule has 26 heavy (non-hydrogen) atoms. The van der Waals surface area contributed by atoms with Gasteiger partial charge in [-0.15, -0.1) is 0 Å². The van der Waals surface area contributed by atoms with E-state index >= 15 is 0 Å². The number of carbonyl (C=O) groups is 2. The normalized spacial score (nSPS) is 10.3. The highest BCUT2D eigenvalue weighted by atomic mass is 16.5. The van der Waals surface area contributed by atoms with Crippen LogP contribution in [0.5, 0.6) is 5.75 Å². The number of amides is 1. The highest BCUT2D eigenvalue weighted by Crippen LogP contribution is 2.12. The lowest BCUT2D eigenvalue weighted by molar-refractivity contribution is -0.139. The second kappa shape index (κ2) is 10.2. The van der Waals surface area contributed by atoms with Crippen molar-refractivity contribution in [3.05, 3.63) is 65.2 Å². The lowest BCUT2D eigenvalue weighted by Crippen LogP contribution is -2.27. The van der Waals surface area contributed by atoms with Crippen LogP contribution in [0.15, 0.2) is 48.5 Å². The summed E-state index contributed by atoms with van der Waals surface area (Å²) in [5, 5.41) is 11.5. The lowest BCUT2D eigenvalue weighted by Gasteiger charge is -2.08. The molecule has 0 fully saturated rings. The number of aliphatic carboxylic acids is 1. The van der Waals surface area contributed by atoms with Crippen molar-refractivity contribution >= 4 is 11.9 Å². The predicted molar refractivity (Wildman–Crippen MR) is 97.1 cm³/mol. The SMILES string of the molecule is COCc1cccc(CC(=O)NCCc2ccc(OCC(=O)O)cc2)c1. The van der Waals surface area contributed by atoms with Gasteiger partial charge in [0.05, 0.1) is 13.0 Å². The molecule has 0 radical (unpaired) electrons. The first kappa shape index (κ1) is 19.5. The van der Waals surface area contributed by atoms with E-state index in [9.17, 15) is 9.59 Å². The van der Waals surface area contributed by atoms with Gasteiger partial charge in [-0.3, -0.25) is 4.79 Å². The van der Waals surface area contributed by atoms with Crippen molar-refractivity contribution in [3.8, 4) is 5.75 Å². The van der Waals surface area contributed by atoms with Gasteiger partial charge in [-0.2, -0.15) is 0 Å². The first-order valence-electron chi connectivity index (χ1n) is 8.34. The third kappa shape index (κ3) is 6.94. The molecule has 0 bridgehead atoms. The second-order valence-corrected chi connectivity index (χ2v) is 5.86. The van der Waals surface area contributed by atoms with Crippen molar-refractivity contribution in [2.24, 2.45) is 0 Å². The summed E-state index contributed by atoms with van der Waals surface area (Å²) in [7, 11) is 1.64. The molecule has 2 aromatic carbocycles. The van der Waals surface area contributed by atoms with E-state index in [1.807, 2.05) is 36.4 Å². The van der Waals surface area contributed by atoms with Gasteiger partial charge in [0.2, 0.25) is 5.91 Å². The molecule has 0 atom stereocenters. The fourth-order valence-electron chi connectivity index (χ4n) is 2.49. The smallest absolute Gasteiger partial charge is 0.341 e. The Morgan fingerprint density at radius 2 is 1.77 bits per heavy atom. The zero-order valence-electron chi connectivity index (χ0n) is 14.7. The fraction of sp³-hybridized carbons (Fsp3) is 0.300. The van der Waals surface area contributed by atoms with Crippen molar-refractivity contribution in [3.63, 3.8) is 0 Å². The number of rotatable bonds is 10. The van der Waals surface area contributed by atoms with Gasteiger partial charge in [0.25, 0.3) is 0 Å². The summed E-state index contributed by atoms with van der Waals surface area (Å²) in [5.41, 5.74) is 3.04. The molecule has 0 aromatic heterocycles. The van der Waals surface area contributed by atoms with Crippen LogP contribution in [0, 0.1) is 0 Å². The standard InChI is InChI=1S/C20H23NO5/c1-25-13-17-4-2-3-16(11-17)12-19(22)21-10-9-15-5-7-18(8-6-15)26-14-20(23)24/h2-8,11H,9-10,12-14H2,1H3,(H,21,22)(H,23,24). The average molecular weight is 357 g/mol. The van der Waals surface area contributed by atoms with Crippen LogP contribution in [-0.2, 0) is 33.8 Å². The molecule has 0 saturated heterocycles. The maximum atomic E-state index is 12.1. The van der Waals surface area contributed by atoms with Gasteiger partial charge in [0.1, 0.15) is 5.75 Å². The fourth-order valence-corrected chi connectivity index (χ4v) is 2.49. The first-order valence-corrected chi connectivity index (χ1v) is 8.34. The Hall–Kier alpha value is -2.86. The molecule has 138 valence electrons. The number of carbonyl (C=O) groups excluding carboxylic acids is 1. The number of hydrogen-bond donors (Lipinski definition) is 2. The van der Waals surface area contributed by atoms with E-state index in [2.05, 4.69) is 5.32 Å². The average Bonchev–Trinajstić information content (AvgIpc) is 2.61. The summed E-state index contributed by atoms with van der Waals surface area (Å²) >= 11 is 0. The molecule has 0 aliphatic carbocycles. The molecule has 0 aliphatic heterocycles. The Kier molecular flexibility index (Phi) is 7.64. The third-order valence-corrected chi connectivity index (χ3v) is 3.69. The monoisotopic (exact) mass is 357 g/mol. The predicted octanol–water partition coefficient (Wildman–Crippen LogP) is 2.20. The van der Waals surface area contributed by atoms with E-state index in [4.69, 9.17) is 14.6 Å². The molecule has 2 aromatic rings. The molecule has 0 spiro atoms. The van der Waals surface area contributed by atoms with Crippen molar-refractivity contribution in [2.45, 2.75) is 19.4 Å². The van der Waals surface area contributed by atoms with Crippen LogP contribution in [-0.4, -0.2) is 37.2 Å². The van der Waals surface area contributed by atoms with E-state index in [0.717, 1.165) is 16.7 Å². The summed E-state index contributed by atoms with van der Waals surface area (Å²) in [5.74, 6) is -0.526. The zero-order valence-corrected chi connectivity index (χ0v) is 14.7. The van der Waals surface area contributed by atoms with Gasteiger partial charge in [-0.25, -0.2) is 4.79 Å². The minimum atomic E-state index is -1.01. The van der Waals surface area contributed by atoms with Crippen molar-refractivity contribution in [1.29, 1.82) is 0 Å². The van der Waals surface area contributed by atoms with E-state index in [-0.39, 0.29) is 12.5 Å². The summed E-state index contributed by atoms with van der Waals surface area (Å²) < 4.78 is 10.2. The molecule has 0 aliphatic rings. The molecular weight excluding hydrogens is 334 g/mol. The first-order chi connectivity index (χ1) is 12.6. The van der Waals surface area contributed by atoms with E-state index in [0.29, 0.717) is 31.7 Å². The Morgan fingerprint density at radius 3 is 2.46 bits per heavy atom. The van der Waals surface area contributed by atoms with Gasteiger partial charge in [-0.1, -0.05) is 36.4 Å². The quantitative estimate of drug-likeness (QED) is 0.681. The number of hydrogen-bond acceptors (Lipinski definition) is 4. The Labute approximate surface area is 152 Å². The van der Waals surface area contributed by atoms with Gasteiger partial charge < -0.3 is 19.9 Å². The van der Waals surface area contributed by atoms with Gasteiger partial charge in [-0.05, 0) is 35.2 Å². The number of carboxylic acids is 1. The van der Waals surface area contributed by atoms with Gasteiger partial charge in [0.15, 0.2) is 6.61 Å². The van der Waals surface area contributed by atoms with Crippen molar-refractivity contribution in [2.75, 3.05) is 20.3 Å². The van der Waals surface area contributed by atoms with E-state index < -0.39 is 5.97 Å². The Balaban J connectivity index is 1.74. The molecule has 0 saturated carbocycles. The number of benzene rings is 2. The van der Waals surface area contributed by atoms with E-state index in [1.165, 1.54) is 0 Å². The minimum Gasteiger partial charge on any atom is -0.482 e. The summed E-state index contributed by atoms with van der Waals surface area (Å²) in [6, 6.07) is 14.9. The third-order valence-electron chi connectivity index (χ3n) is 3.69. The molecular formula is C20H23NO5. The molecule has 2 N–H and O–H groups in total. The van der Waals surface area contributed by atoms with Crippen molar-refractivity contribution < 1.29 is 24.2 Å². The topological polar surface area (TPSA) is 84.9 Å². The highest BCUT2D eigenvalue weighted by molar-refractivity contribution is 5.78. The van der Waals surface area contributed by atoms with Crippen LogP contribution in [0.4, 0.5) is 0 Å². The van der Waals surface area contributed by atoms with Gasteiger partial charge in [0, 0.05) is 13.7 Å². The number of carboxylic acid groups (broad SMARTS) is 1. The number of nitrogens with one attached hydrogen (secondary N) is 1. The maximum Gasteiger partial charge on any atom is 0.341 e. The number of methoxy groups -OCH3 is 1. The van der Waals surface area contributed by atoms with Gasteiger partial charge >= 0.3 is 5.97 Å².